The molecule has 1 aromatic carbocycles. The van der Waals surface area contributed by atoms with E-state index in [-0.39, 0.29) is 6.04 Å². The molecule has 1 unspecified atom stereocenters. The largest absolute Gasteiger partial charge is 0.396 e. The normalized spacial score (nSPS) is 15.3. The molecule has 1 aliphatic heterocycles. The number of hydrogen-bond acceptors (Lipinski definition) is 10. The summed E-state index contributed by atoms with van der Waals surface area (Å²) in [5, 5.41) is 18.8. The van der Waals surface area contributed by atoms with Crippen molar-refractivity contribution < 1.29 is 4.79 Å². The lowest BCUT2D eigenvalue weighted by Crippen LogP contribution is -2.32. The minimum atomic E-state index is -0.500. The molecule has 0 radical (unpaired) electrons. The van der Waals surface area contributed by atoms with Crippen LogP contribution in [0.2, 0.25) is 0 Å². The number of aromatic nitrogens is 6. The first kappa shape index (κ1) is 21.4. The van der Waals surface area contributed by atoms with Gasteiger partial charge in [-0.25, -0.2) is 15.0 Å². The zero-order valence-corrected chi connectivity index (χ0v) is 18.9. The van der Waals surface area contributed by atoms with Crippen molar-refractivity contribution in [3.05, 3.63) is 70.6 Å². The quantitative estimate of drug-likeness (QED) is 0.360. The van der Waals surface area contributed by atoms with E-state index in [1.165, 1.54) is 11.3 Å². The zero-order chi connectivity index (χ0) is 23.8. The number of hydrogen-bond donors (Lipinski definition) is 3. The summed E-state index contributed by atoms with van der Waals surface area (Å²) in [6, 6.07) is 6.81. The number of benzene rings is 1. The molecule has 1 atom stereocenters. The number of rotatable bonds is 6. The first-order valence-electron chi connectivity index (χ1n) is 10.4. The Hall–Kier alpha value is -4.45. The highest BCUT2D eigenvalue weighted by atomic mass is 32.1. The second-order valence-corrected chi connectivity index (χ2v) is 8.37. The van der Waals surface area contributed by atoms with Crippen LogP contribution in [-0.2, 0) is 0 Å². The number of primary amides is 1. The van der Waals surface area contributed by atoms with Gasteiger partial charge in [-0.2, -0.15) is 0 Å². The third kappa shape index (κ3) is 3.40. The Labute approximate surface area is 198 Å². The van der Waals surface area contributed by atoms with Crippen molar-refractivity contribution in [1.82, 2.24) is 29.7 Å². The molecule has 170 valence electrons. The standard InChI is InChI=1S/C22H20N10OS/c1-2-15-21-30-28-11-31(21)16-10-27-19(14(9-23)17(24)22-26-7-8-34-22)29-20(16)32(15)13-5-3-12(4-6-13)18(25)33/h3-11,15,23H,2,24H2,1H3,(H2,25,33)/b17-14+,23-9?. The second kappa shape index (κ2) is 8.48. The van der Waals surface area contributed by atoms with Crippen LogP contribution in [0.3, 0.4) is 0 Å². The van der Waals surface area contributed by atoms with E-state index in [4.69, 9.17) is 21.9 Å². The van der Waals surface area contributed by atoms with Crippen molar-refractivity contribution in [3.8, 4) is 5.69 Å². The van der Waals surface area contributed by atoms with Crippen molar-refractivity contribution >= 4 is 46.2 Å². The van der Waals surface area contributed by atoms with Crippen LogP contribution in [-0.4, -0.2) is 41.8 Å². The van der Waals surface area contributed by atoms with Gasteiger partial charge in [-0.3, -0.25) is 9.36 Å². The number of carbonyl (C=O) groups excluding carboxylic acids is 1. The number of nitrogens with zero attached hydrogens (tertiary/aromatic N) is 7. The third-order valence-electron chi connectivity index (χ3n) is 5.58. The maximum absolute atomic E-state index is 11.6. The van der Waals surface area contributed by atoms with Gasteiger partial charge in [-0.15, -0.1) is 21.5 Å². The minimum absolute atomic E-state index is 0.180. The van der Waals surface area contributed by atoms with Gasteiger partial charge >= 0.3 is 0 Å². The Morgan fingerprint density at radius 1 is 1.24 bits per heavy atom. The minimum Gasteiger partial charge on any atom is -0.396 e. The predicted octanol–water partition coefficient (Wildman–Crippen LogP) is 2.69. The molecule has 4 heterocycles. The van der Waals surface area contributed by atoms with Gasteiger partial charge in [0.2, 0.25) is 5.91 Å². The Kier molecular flexibility index (Phi) is 5.34. The molecule has 0 saturated heterocycles. The number of carbonyl (C=O) groups is 1. The molecule has 1 amide bonds. The number of thiazole rings is 1. The summed E-state index contributed by atoms with van der Waals surface area (Å²) in [5.74, 6) is 1.14. The molecule has 0 saturated carbocycles. The van der Waals surface area contributed by atoms with Crippen LogP contribution in [0.15, 0.2) is 48.4 Å². The van der Waals surface area contributed by atoms with E-state index in [2.05, 4.69) is 20.2 Å². The van der Waals surface area contributed by atoms with Crippen LogP contribution in [0.25, 0.3) is 17.0 Å². The summed E-state index contributed by atoms with van der Waals surface area (Å²) in [6.45, 7) is 2.05. The van der Waals surface area contributed by atoms with E-state index in [1.807, 2.05) is 33.9 Å². The first-order valence-corrected chi connectivity index (χ1v) is 11.3. The number of anilines is 2. The smallest absolute Gasteiger partial charge is 0.248 e. The fourth-order valence-corrected chi connectivity index (χ4v) is 4.56. The Morgan fingerprint density at radius 3 is 2.68 bits per heavy atom. The fraction of sp³-hybridized carbons (Fsp3) is 0.136. The summed E-state index contributed by atoms with van der Waals surface area (Å²) >= 11 is 1.37. The highest BCUT2D eigenvalue weighted by molar-refractivity contribution is 7.10. The summed E-state index contributed by atoms with van der Waals surface area (Å²) in [6.07, 6.45) is 6.79. The SMILES string of the molecule is CCC1c2nncn2-c2cnc(/C(C=N)=C(/N)c3nccs3)nc2N1c1ccc(C(N)=O)cc1. The average Bonchev–Trinajstić information content (AvgIpc) is 3.56. The lowest BCUT2D eigenvalue weighted by atomic mass is 10.1. The van der Waals surface area contributed by atoms with E-state index in [0.717, 1.165) is 17.7 Å². The van der Waals surface area contributed by atoms with Crippen LogP contribution < -0.4 is 16.4 Å². The molecule has 11 nitrogen and oxygen atoms in total. The highest BCUT2D eigenvalue weighted by Crippen LogP contribution is 2.43. The summed E-state index contributed by atoms with van der Waals surface area (Å²) in [4.78, 5) is 27.2. The van der Waals surface area contributed by atoms with Crippen LogP contribution in [0.1, 0.15) is 46.4 Å². The number of fused-ring (bicyclic) bond motifs is 3. The molecular formula is C22H20N10OS. The van der Waals surface area contributed by atoms with Crippen LogP contribution >= 0.6 is 11.3 Å². The fourth-order valence-electron chi connectivity index (χ4n) is 3.95. The molecule has 0 aliphatic carbocycles. The van der Waals surface area contributed by atoms with E-state index >= 15 is 0 Å². The Bertz CT molecular complexity index is 1410. The Morgan fingerprint density at radius 2 is 2.03 bits per heavy atom. The molecule has 34 heavy (non-hydrogen) atoms. The van der Waals surface area contributed by atoms with Gasteiger partial charge in [0.1, 0.15) is 17.0 Å². The maximum atomic E-state index is 11.6. The van der Waals surface area contributed by atoms with Gasteiger partial charge < -0.3 is 21.8 Å². The van der Waals surface area contributed by atoms with Crippen molar-refractivity contribution in [1.29, 1.82) is 5.41 Å². The third-order valence-corrected chi connectivity index (χ3v) is 6.38. The molecular weight excluding hydrogens is 452 g/mol. The molecule has 4 aromatic rings. The van der Waals surface area contributed by atoms with E-state index in [9.17, 15) is 4.79 Å². The van der Waals surface area contributed by atoms with Gasteiger partial charge in [-0.1, -0.05) is 6.92 Å². The first-order chi connectivity index (χ1) is 16.5. The monoisotopic (exact) mass is 472 g/mol. The molecule has 1 aliphatic rings. The molecule has 0 spiro atoms. The highest BCUT2D eigenvalue weighted by Gasteiger charge is 2.35. The molecule has 0 bridgehead atoms. The van der Waals surface area contributed by atoms with E-state index < -0.39 is 5.91 Å². The molecule has 5 rings (SSSR count). The van der Waals surface area contributed by atoms with Gasteiger partial charge in [0.25, 0.3) is 0 Å². The number of nitrogens with one attached hydrogen (secondary N) is 1. The van der Waals surface area contributed by atoms with Crippen molar-refractivity contribution in [3.63, 3.8) is 0 Å². The molecule has 3 aromatic heterocycles. The van der Waals surface area contributed by atoms with Gasteiger partial charge in [0, 0.05) is 29.0 Å². The molecule has 0 fully saturated rings. The summed E-state index contributed by atoms with van der Waals surface area (Å²) in [7, 11) is 0. The second-order valence-electron chi connectivity index (χ2n) is 7.48. The van der Waals surface area contributed by atoms with Gasteiger partial charge in [0.15, 0.2) is 17.5 Å². The average molecular weight is 473 g/mol. The molecule has 12 heteroatoms. The number of amides is 1. The van der Waals surface area contributed by atoms with Crippen LogP contribution in [0, 0.1) is 5.41 Å². The van der Waals surface area contributed by atoms with Crippen LogP contribution in [0.4, 0.5) is 11.5 Å². The number of allylic oxidation sites excluding steroid dienone is 1. The topological polar surface area (TPSA) is 166 Å². The van der Waals surface area contributed by atoms with Gasteiger partial charge in [-0.05, 0) is 30.7 Å². The lowest BCUT2D eigenvalue weighted by molar-refractivity contribution is 0.100. The van der Waals surface area contributed by atoms with E-state index in [1.54, 1.807) is 30.9 Å². The van der Waals surface area contributed by atoms with Crippen molar-refractivity contribution in [2.24, 2.45) is 11.5 Å². The summed E-state index contributed by atoms with van der Waals surface area (Å²) in [5.41, 5.74) is 14.3. The van der Waals surface area contributed by atoms with Crippen molar-refractivity contribution in [2.45, 2.75) is 19.4 Å². The predicted molar refractivity (Wildman–Crippen MR) is 129 cm³/mol. The zero-order valence-electron chi connectivity index (χ0n) is 18.1. The van der Waals surface area contributed by atoms with Gasteiger partial charge in [0.05, 0.1) is 23.5 Å². The van der Waals surface area contributed by atoms with Crippen molar-refractivity contribution in [2.75, 3.05) is 4.90 Å². The van der Waals surface area contributed by atoms with Crippen LogP contribution in [0.5, 0.6) is 0 Å². The molecule has 5 N–H and O–H groups in total. The van der Waals surface area contributed by atoms with E-state index in [0.29, 0.717) is 45.6 Å². The number of nitrogens with two attached hydrogens (primary N) is 2. The summed E-state index contributed by atoms with van der Waals surface area (Å²) < 4.78 is 1.86. The Balaban J connectivity index is 1.71. The lowest BCUT2D eigenvalue weighted by Gasteiger charge is -2.37. The maximum Gasteiger partial charge on any atom is 0.248 e.